The van der Waals surface area contributed by atoms with Gasteiger partial charge in [0.15, 0.2) is 5.96 Å². The predicted molar refractivity (Wildman–Crippen MR) is 131 cm³/mol. The predicted octanol–water partition coefficient (Wildman–Crippen LogP) is 4.00. The molecule has 0 unspecified atom stereocenters. The van der Waals surface area contributed by atoms with Crippen LogP contribution in [0.3, 0.4) is 0 Å². The topological polar surface area (TPSA) is 80.9 Å². The van der Waals surface area contributed by atoms with E-state index in [1.54, 1.807) is 7.05 Å². The van der Waals surface area contributed by atoms with Crippen molar-refractivity contribution < 1.29 is 0 Å². The van der Waals surface area contributed by atoms with E-state index in [0.717, 1.165) is 55.2 Å². The zero-order valence-electron chi connectivity index (χ0n) is 16.5. The van der Waals surface area contributed by atoms with Gasteiger partial charge < -0.3 is 20.6 Å². The third-order valence-electron chi connectivity index (χ3n) is 4.91. The van der Waals surface area contributed by atoms with Gasteiger partial charge in [0.05, 0.1) is 11.0 Å². The maximum absolute atomic E-state index is 4.62. The molecule has 0 fully saturated rings. The lowest BCUT2D eigenvalue weighted by Crippen LogP contribution is -2.38. The number of guanidine groups is 1. The van der Waals surface area contributed by atoms with Crippen LogP contribution < -0.4 is 10.6 Å². The van der Waals surface area contributed by atoms with Crippen molar-refractivity contribution in [2.75, 3.05) is 20.1 Å². The number of halogens is 1. The van der Waals surface area contributed by atoms with E-state index in [9.17, 15) is 0 Å². The van der Waals surface area contributed by atoms with Gasteiger partial charge in [-0.15, -0.1) is 24.0 Å². The first-order chi connectivity index (χ1) is 13.8. The van der Waals surface area contributed by atoms with Crippen LogP contribution in [-0.4, -0.2) is 41.0 Å². The Balaban J connectivity index is 0.00000240. The number of nitrogens with zero attached hydrogens (tertiary/aromatic N) is 2. The van der Waals surface area contributed by atoms with Crippen LogP contribution in [0, 0.1) is 0 Å². The van der Waals surface area contributed by atoms with E-state index in [4.69, 9.17) is 0 Å². The van der Waals surface area contributed by atoms with Crippen molar-refractivity contribution in [2.24, 2.45) is 4.99 Å². The fourth-order valence-corrected chi connectivity index (χ4v) is 3.46. The van der Waals surface area contributed by atoms with Crippen LogP contribution in [0.1, 0.15) is 17.8 Å². The molecule has 152 valence electrons. The number of para-hydroxylation sites is 3. The standard InChI is InChI=1S/C22H26N6.HI/c1-23-22(25-14-12-16-15-26-18-8-3-2-7-17(16)18)24-13-6-11-21-27-19-9-4-5-10-20(19)28-21;/h2-5,7-10,15,26H,6,11-14H2,1H3,(H,27,28)(H2,23,24,25);1H. The van der Waals surface area contributed by atoms with E-state index >= 15 is 0 Å². The molecule has 2 aromatic carbocycles. The summed E-state index contributed by atoms with van der Waals surface area (Å²) in [5.41, 5.74) is 4.63. The van der Waals surface area contributed by atoms with Crippen LogP contribution >= 0.6 is 24.0 Å². The Labute approximate surface area is 187 Å². The van der Waals surface area contributed by atoms with E-state index in [-0.39, 0.29) is 24.0 Å². The Morgan fingerprint density at radius 1 is 0.966 bits per heavy atom. The highest BCUT2D eigenvalue weighted by atomic mass is 127. The molecule has 7 heteroatoms. The lowest BCUT2D eigenvalue weighted by atomic mass is 10.1. The number of rotatable bonds is 7. The Morgan fingerprint density at radius 3 is 2.55 bits per heavy atom. The Bertz CT molecular complexity index is 1050. The van der Waals surface area contributed by atoms with Gasteiger partial charge >= 0.3 is 0 Å². The van der Waals surface area contributed by atoms with Gasteiger partial charge in [0.2, 0.25) is 0 Å². The summed E-state index contributed by atoms with van der Waals surface area (Å²) in [6, 6.07) is 16.5. The Morgan fingerprint density at radius 2 is 1.72 bits per heavy atom. The molecule has 0 atom stereocenters. The van der Waals surface area contributed by atoms with Gasteiger partial charge in [-0.1, -0.05) is 30.3 Å². The monoisotopic (exact) mass is 502 g/mol. The summed E-state index contributed by atoms with van der Waals surface area (Å²) in [6.07, 6.45) is 4.94. The van der Waals surface area contributed by atoms with Crippen molar-refractivity contribution in [3.8, 4) is 0 Å². The first-order valence-electron chi connectivity index (χ1n) is 9.76. The summed E-state index contributed by atoms with van der Waals surface area (Å²) < 4.78 is 0. The fourth-order valence-electron chi connectivity index (χ4n) is 3.46. The van der Waals surface area contributed by atoms with Crippen molar-refractivity contribution >= 4 is 51.9 Å². The van der Waals surface area contributed by atoms with Gasteiger partial charge in [-0.2, -0.15) is 0 Å². The number of hydrogen-bond donors (Lipinski definition) is 4. The third-order valence-corrected chi connectivity index (χ3v) is 4.91. The van der Waals surface area contributed by atoms with Gasteiger partial charge in [-0.05, 0) is 36.6 Å². The SMILES string of the molecule is CN=C(NCCCc1nc2ccccc2[nH]1)NCCc1c[nH]c2ccccc12.I. The number of hydrogen-bond acceptors (Lipinski definition) is 2. The van der Waals surface area contributed by atoms with Gasteiger partial charge in [0, 0.05) is 43.7 Å². The molecule has 29 heavy (non-hydrogen) atoms. The zero-order valence-corrected chi connectivity index (χ0v) is 18.9. The number of H-pyrrole nitrogens is 2. The minimum atomic E-state index is 0. The molecule has 2 heterocycles. The van der Waals surface area contributed by atoms with Crippen molar-refractivity contribution in [3.05, 3.63) is 66.1 Å². The first-order valence-corrected chi connectivity index (χ1v) is 9.76. The minimum Gasteiger partial charge on any atom is -0.361 e. The van der Waals surface area contributed by atoms with Crippen LogP contribution in [0.2, 0.25) is 0 Å². The molecular weight excluding hydrogens is 475 g/mol. The summed E-state index contributed by atoms with van der Waals surface area (Å²) in [5.74, 6) is 1.87. The molecule has 0 spiro atoms. The van der Waals surface area contributed by atoms with Crippen molar-refractivity contribution in [2.45, 2.75) is 19.3 Å². The number of nitrogens with one attached hydrogen (secondary N) is 4. The molecule has 2 aromatic heterocycles. The van der Waals surface area contributed by atoms with E-state index in [1.807, 2.05) is 18.2 Å². The molecule has 4 N–H and O–H groups in total. The molecule has 0 aliphatic rings. The molecule has 0 saturated heterocycles. The number of aryl methyl sites for hydroxylation is 1. The van der Waals surface area contributed by atoms with E-state index in [1.165, 1.54) is 16.5 Å². The lowest BCUT2D eigenvalue weighted by molar-refractivity contribution is 0.724. The molecule has 0 aliphatic carbocycles. The fraction of sp³-hybridized carbons (Fsp3) is 0.273. The molecule has 0 aliphatic heterocycles. The second-order valence-corrected chi connectivity index (χ2v) is 6.84. The summed E-state index contributed by atoms with van der Waals surface area (Å²) >= 11 is 0. The second kappa shape index (κ2) is 10.3. The first kappa shape index (κ1) is 21.2. The van der Waals surface area contributed by atoms with Crippen LogP contribution in [-0.2, 0) is 12.8 Å². The van der Waals surface area contributed by atoms with Gasteiger partial charge in [-0.3, -0.25) is 4.99 Å². The molecule has 4 aromatic rings. The maximum Gasteiger partial charge on any atom is 0.190 e. The normalized spacial score (nSPS) is 11.6. The van der Waals surface area contributed by atoms with Crippen LogP contribution in [0.25, 0.3) is 21.9 Å². The highest BCUT2D eigenvalue weighted by Gasteiger charge is 2.04. The highest BCUT2D eigenvalue weighted by molar-refractivity contribution is 14.0. The number of imidazole rings is 1. The highest BCUT2D eigenvalue weighted by Crippen LogP contribution is 2.17. The lowest BCUT2D eigenvalue weighted by Gasteiger charge is -2.11. The molecule has 0 bridgehead atoms. The van der Waals surface area contributed by atoms with Crippen molar-refractivity contribution in [1.29, 1.82) is 0 Å². The average Bonchev–Trinajstić information content (AvgIpc) is 3.33. The number of aromatic amines is 2. The maximum atomic E-state index is 4.62. The Kier molecular flexibility index (Phi) is 7.51. The zero-order chi connectivity index (χ0) is 19.2. The minimum absolute atomic E-state index is 0. The van der Waals surface area contributed by atoms with Gasteiger partial charge in [-0.25, -0.2) is 4.98 Å². The van der Waals surface area contributed by atoms with E-state index < -0.39 is 0 Å². The van der Waals surface area contributed by atoms with Gasteiger partial charge in [0.25, 0.3) is 0 Å². The smallest absolute Gasteiger partial charge is 0.190 e. The molecule has 0 saturated carbocycles. The van der Waals surface area contributed by atoms with Crippen LogP contribution in [0.15, 0.2) is 59.7 Å². The van der Waals surface area contributed by atoms with Crippen LogP contribution in [0.5, 0.6) is 0 Å². The summed E-state index contributed by atoms with van der Waals surface area (Å²) in [7, 11) is 1.81. The van der Waals surface area contributed by atoms with E-state index in [0.29, 0.717) is 0 Å². The number of fused-ring (bicyclic) bond motifs is 2. The molecular formula is C22H27IN6. The third kappa shape index (κ3) is 5.29. The largest absolute Gasteiger partial charge is 0.361 e. The molecule has 0 radical (unpaired) electrons. The van der Waals surface area contributed by atoms with Gasteiger partial charge in [0.1, 0.15) is 5.82 Å². The average molecular weight is 502 g/mol. The molecule has 4 rings (SSSR count). The number of aliphatic imine (C=N–C) groups is 1. The van der Waals surface area contributed by atoms with Crippen LogP contribution in [0.4, 0.5) is 0 Å². The van der Waals surface area contributed by atoms with Crippen molar-refractivity contribution in [1.82, 2.24) is 25.6 Å². The molecule has 6 nitrogen and oxygen atoms in total. The summed E-state index contributed by atoms with van der Waals surface area (Å²) in [6.45, 7) is 1.69. The number of aromatic nitrogens is 3. The van der Waals surface area contributed by atoms with Crippen molar-refractivity contribution in [3.63, 3.8) is 0 Å². The number of benzene rings is 2. The summed E-state index contributed by atoms with van der Waals surface area (Å²) in [4.78, 5) is 15.6. The molecule has 0 amide bonds. The Hall–Kier alpha value is -2.55. The van der Waals surface area contributed by atoms with E-state index in [2.05, 4.69) is 67.1 Å². The quantitative estimate of drug-likeness (QED) is 0.134. The summed E-state index contributed by atoms with van der Waals surface area (Å²) in [5, 5.41) is 8.06. The second-order valence-electron chi connectivity index (χ2n) is 6.84.